The molecule has 0 N–H and O–H groups in total. The van der Waals surface area contributed by atoms with Gasteiger partial charge in [-0.25, -0.2) is 0 Å². The summed E-state index contributed by atoms with van der Waals surface area (Å²) in [7, 11) is 0. The molecular weight excluding hydrogens is 182 g/mol. The molecule has 4 nitrogen and oxygen atoms in total. The van der Waals surface area contributed by atoms with Crippen LogP contribution in [0.1, 0.15) is 19.8 Å². The Morgan fingerprint density at radius 3 is 1.50 bits per heavy atom. The van der Waals surface area contributed by atoms with Crippen LogP contribution in [0.5, 0.6) is 0 Å². The zero-order valence-electron chi connectivity index (χ0n) is 7.62. The fourth-order valence-corrected chi connectivity index (χ4v) is 0.641. The van der Waals surface area contributed by atoms with Crippen LogP contribution in [0, 0.1) is 5.92 Å². The largest absolute Gasteiger partial charge is 1.00 e. The van der Waals surface area contributed by atoms with Crippen molar-refractivity contribution in [2.24, 2.45) is 5.92 Å². The van der Waals surface area contributed by atoms with Gasteiger partial charge in [0.15, 0.2) is 0 Å². The zero-order chi connectivity index (χ0) is 8.15. The van der Waals surface area contributed by atoms with Crippen molar-refractivity contribution in [3.05, 3.63) is 0 Å². The van der Waals surface area contributed by atoms with Gasteiger partial charge in [0.05, 0.1) is 0 Å². The average molecular weight is 190 g/mol. The molecule has 12 heavy (non-hydrogen) atoms. The van der Waals surface area contributed by atoms with Crippen LogP contribution >= 0.6 is 0 Å². The summed E-state index contributed by atoms with van der Waals surface area (Å²) in [5, 5.41) is 19.7. The van der Waals surface area contributed by atoms with Crippen molar-refractivity contribution < 1.29 is 78.9 Å². The Kier molecular flexibility index (Phi) is 15.6. The number of carboxylic acid groups (broad SMARTS) is 2. The number of hydrogen-bond donors (Lipinski definition) is 0. The summed E-state index contributed by atoms with van der Waals surface area (Å²) in [6, 6.07) is 0. The first-order chi connectivity index (χ1) is 4.52. The Hall–Kier alpha value is 0.940. The molecule has 0 atom stereocenters. The molecule has 0 saturated heterocycles. The molecule has 0 bridgehead atoms. The Bertz CT molecular complexity index is 132. The Morgan fingerprint density at radius 1 is 1.08 bits per heavy atom. The molecule has 6 heteroatoms. The van der Waals surface area contributed by atoms with E-state index in [4.69, 9.17) is 0 Å². The van der Waals surface area contributed by atoms with Crippen molar-refractivity contribution in [1.82, 2.24) is 0 Å². The van der Waals surface area contributed by atoms with Crippen LogP contribution in [0.4, 0.5) is 0 Å². The normalized spacial score (nSPS) is 8.17. The standard InChI is InChI=1S/C6H10O4.2Na/c1-4(2-5(7)8)3-6(9)10;;/h4H,2-3H2,1H3,(H,7,8)(H,9,10);;/q;2*+1/p-2. The van der Waals surface area contributed by atoms with E-state index in [1.807, 2.05) is 0 Å². The van der Waals surface area contributed by atoms with Crippen LogP contribution in [0.25, 0.3) is 0 Å². The summed E-state index contributed by atoms with van der Waals surface area (Å²) in [5.74, 6) is -2.86. The molecule has 0 radical (unpaired) electrons. The topological polar surface area (TPSA) is 80.3 Å². The summed E-state index contributed by atoms with van der Waals surface area (Å²) >= 11 is 0. The van der Waals surface area contributed by atoms with Crippen molar-refractivity contribution in [3.8, 4) is 0 Å². The maximum absolute atomic E-state index is 9.87. The van der Waals surface area contributed by atoms with E-state index >= 15 is 0 Å². The average Bonchev–Trinajstić information content (AvgIpc) is 1.58. The molecule has 58 valence electrons. The maximum atomic E-state index is 9.87. The first kappa shape index (κ1) is 18.7. The number of rotatable bonds is 4. The quantitative estimate of drug-likeness (QED) is 0.412. The van der Waals surface area contributed by atoms with Crippen molar-refractivity contribution in [2.45, 2.75) is 19.8 Å². The van der Waals surface area contributed by atoms with Crippen LogP contribution in [0.15, 0.2) is 0 Å². The first-order valence-corrected chi connectivity index (χ1v) is 2.92. The first-order valence-electron chi connectivity index (χ1n) is 2.92. The van der Waals surface area contributed by atoms with Crippen molar-refractivity contribution in [3.63, 3.8) is 0 Å². The predicted octanol–water partition coefficient (Wildman–Crippen LogP) is -8.09. The van der Waals surface area contributed by atoms with Crippen molar-refractivity contribution in [1.29, 1.82) is 0 Å². The van der Waals surface area contributed by atoms with Gasteiger partial charge in [0.25, 0.3) is 0 Å². The summed E-state index contributed by atoms with van der Waals surface area (Å²) in [6.07, 6.45) is -0.456. The summed E-state index contributed by atoms with van der Waals surface area (Å²) < 4.78 is 0. The van der Waals surface area contributed by atoms with E-state index in [0.717, 1.165) is 0 Å². The van der Waals surface area contributed by atoms with E-state index in [1.54, 1.807) is 0 Å². The second kappa shape index (κ2) is 10.0. The van der Waals surface area contributed by atoms with E-state index in [-0.39, 0.29) is 72.0 Å². The second-order valence-corrected chi connectivity index (χ2v) is 2.26. The number of aliphatic carboxylic acids is 2. The van der Waals surface area contributed by atoms with Gasteiger partial charge in [0.2, 0.25) is 0 Å². The van der Waals surface area contributed by atoms with Crippen LogP contribution in [0.3, 0.4) is 0 Å². The third-order valence-electron chi connectivity index (χ3n) is 1.03. The zero-order valence-corrected chi connectivity index (χ0v) is 11.6. The number of carboxylic acids is 2. The van der Waals surface area contributed by atoms with Gasteiger partial charge in [0.1, 0.15) is 0 Å². The Morgan fingerprint density at radius 2 is 1.33 bits per heavy atom. The molecule has 0 heterocycles. The second-order valence-electron chi connectivity index (χ2n) is 2.26. The monoisotopic (exact) mass is 190 g/mol. The van der Waals surface area contributed by atoms with Crippen LogP contribution in [-0.2, 0) is 9.59 Å². The molecule has 0 saturated carbocycles. The van der Waals surface area contributed by atoms with Crippen LogP contribution in [-0.4, -0.2) is 11.9 Å². The van der Waals surface area contributed by atoms with E-state index in [1.165, 1.54) is 6.92 Å². The fourth-order valence-electron chi connectivity index (χ4n) is 0.641. The number of hydrogen-bond acceptors (Lipinski definition) is 4. The van der Waals surface area contributed by atoms with E-state index < -0.39 is 17.9 Å². The smallest absolute Gasteiger partial charge is 0.550 e. The molecule has 0 fully saturated rings. The Labute approximate surface area is 115 Å². The minimum atomic E-state index is -1.23. The Balaban J connectivity index is -0.000000405. The van der Waals surface area contributed by atoms with Gasteiger partial charge in [-0.3, -0.25) is 0 Å². The SMILES string of the molecule is CC(CC(=O)[O-])CC(=O)[O-].[Na+].[Na+]. The molecule has 0 aromatic carbocycles. The number of carbonyl (C=O) groups excluding carboxylic acids is 2. The van der Waals surface area contributed by atoms with Gasteiger partial charge in [-0.05, 0) is 18.8 Å². The minimum absolute atomic E-state index is 0. The van der Waals surface area contributed by atoms with E-state index in [2.05, 4.69) is 0 Å². The molecule has 0 unspecified atom stereocenters. The van der Waals surface area contributed by atoms with Gasteiger partial charge in [-0.2, -0.15) is 0 Å². The molecular formula is C6H8Na2O4. The van der Waals surface area contributed by atoms with Gasteiger partial charge < -0.3 is 19.8 Å². The molecule has 0 aliphatic heterocycles. The van der Waals surface area contributed by atoms with Crippen molar-refractivity contribution >= 4 is 11.9 Å². The number of carbonyl (C=O) groups is 2. The summed E-state index contributed by atoms with van der Waals surface area (Å²) in [5.41, 5.74) is 0. The maximum Gasteiger partial charge on any atom is 1.00 e. The molecule has 0 aliphatic rings. The third-order valence-corrected chi connectivity index (χ3v) is 1.03. The predicted molar refractivity (Wildman–Crippen MR) is 28.4 cm³/mol. The molecule has 0 spiro atoms. The molecule has 0 aliphatic carbocycles. The van der Waals surface area contributed by atoms with Gasteiger partial charge in [-0.1, -0.05) is 6.92 Å². The van der Waals surface area contributed by atoms with Crippen LogP contribution in [0.2, 0.25) is 0 Å². The van der Waals surface area contributed by atoms with E-state index in [0.29, 0.717) is 0 Å². The van der Waals surface area contributed by atoms with Gasteiger partial charge >= 0.3 is 59.1 Å². The molecule has 0 amide bonds. The molecule has 0 aromatic rings. The molecule has 0 aromatic heterocycles. The molecule has 0 rings (SSSR count). The van der Waals surface area contributed by atoms with Gasteiger partial charge in [-0.15, -0.1) is 0 Å². The third kappa shape index (κ3) is 13.5. The van der Waals surface area contributed by atoms with Crippen molar-refractivity contribution in [2.75, 3.05) is 0 Å². The van der Waals surface area contributed by atoms with E-state index in [9.17, 15) is 19.8 Å². The minimum Gasteiger partial charge on any atom is -0.550 e. The summed E-state index contributed by atoms with van der Waals surface area (Å²) in [4.78, 5) is 19.7. The van der Waals surface area contributed by atoms with Crippen LogP contribution < -0.4 is 69.3 Å². The van der Waals surface area contributed by atoms with Gasteiger partial charge in [0, 0.05) is 11.9 Å². The summed E-state index contributed by atoms with van der Waals surface area (Å²) in [6.45, 7) is 1.52. The fraction of sp³-hybridized carbons (Fsp3) is 0.667.